The van der Waals surface area contributed by atoms with Crippen molar-refractivity contribution < 1.29 is 18.3 Å². The van der Waals surface area contributed by atoms with Gasteiger partial charge >= 0.3 is 6.18 Å². The Morgan fingerprint density at radius 3 is 2.46 bits per heavy atom. The summed E-state index contributed by atoms with van der Waals surface area (Å²) in [6.07, 6.45) is -7.17. The fraction of sp³-hybridized carbons (Fsp3) is 0.429. The van der Waals surface area contributed by atoms with Gasteiger partial charge in [-0.05, 0) is 28.1 Å². The van der Waals surface area contributed by atoms with Crippen molar-refractivity contribution in [3.05, 3.63) is 20.8 Å². The van der Waals surface area contributed by atoms with Gasteiger partial charge in [-0.1, -0.05) is 0 Å². The van der Waals surface area contributed by atoms with E-state index in [2.05, 4.69) is 15.9 Å². The topological polar surface area (TPSA) is 20.2 Å². The lowest BCUT2D eigenvalue weighted by atomic mass is 10.2. The Morgan fingerprint density at radius 1 is 1.46 bits per heavy atom. The van der Waals surface area contributed by atoms with Crippen LogP contribution in [0.5, 0.6) is 0 Å². The van der Waals surface area contributed by atoms with Gasteiger partial charge in [0.2, 0.25) is 0 Å². The first kappa shape index (κ1) is 11.0. The molecular formula is C7H6BrF3OS. The molecule has 13 heavy (non-hydrogen) atoms. The van der Waals surface area contributed by atoms with Crippen LogP contribution in [0.15, 0.2) is 15.9 Å². The number of rotatable bonds is 2. The third kappa shape index (κ3) is 3.28. The van der Waals surface area contributed by atoms with E-state index in [4.69, 9.17) is 5.11 Å². The molecule has 0 aliphatic rings. The predicted molar refractivity (Wildman–Crippen MR) is 47.8 cm³/mol. The van der Waals surface area contributed by atoms with Crippen molar-refractivity contribution in [3.8, 4) is 0 Å². The van der Waals surface area contributed by atoms with Gasteiger partial charge in [-0.3, -0.25) is 0 Å². The molecule has 6 heteroatoms. The van der Waals surface area contributed by atoms with Crippen LogP contribution in [0.25, 0.3) is 0 Å². The minimum absolute atomic E-state index is 0.375. The van der Waals surface area contributed by atoms with Crippen molar-refractivity contribution in [1.29, 1.82) is 0 Å². The molecule has 1 atom stereocenters. The SMILES string of the molecule is OC(Cc1ccc(Br)s1)C(F)(F)F. The minimum atomic E-state index is -4.53. The molecule has 1 aromatic rings. The fourth-order valence-corrected chi connectivity index (χ4v) is 2.29. The molecule has 0 saturated carbocycles. The first-order valence-corrected chi connectivity index (χ1v) is 4.99. The quantitative estimate of drug-likeness (QED) is 0.879. The molecule has 0 radical (unpaired) electrons. The molecule has 0 aliphatic carbocycles. The van der Waals surface area contributed by atoms with Crippen LogP contribution in [0.2, 0.25) is 0 Å². The summed E-state index contributed by atoms with van der Waals surface area (Å²) in [5.74, 6) is 0. The molecule has 1 rings (SSSR count). The Bertz CT molecular complexity index is 284. The molecule has 0 spiro atoms. The average molecular weight is 275 g/mol. The molecule has 1 heterocycles. The minimum Gasteiger partial charge on any atom is -0.383 e. The van der Waals surface area contributed by atoms with Gasteiger partial charge < -0.3 is 5.11 Å². The highest BCUT2D eigenvalue weighted by atomic mass is 79.9. The molecule has 0 fully saturated rings. The molecule has 74 valence electrons. The molecule has 0 saturated heterocycles. The molecular weight excluding hydrogens is 269 g/mol. The lowest BCUT2D eigenvalue weighted by molar-refractivity contribution is -0.202. The summed E-state index contributed by atoms with van der Waals surface area (Å²) < 4.78 is 36.4. The number of halogens is 4. The maximum Gasteiger partial charge on any atom is 0.414 e. The first-order chi connectivity index (χ1) is 5.89. The molecule has 1 aromatic heterocycles. The highest BCUT2D eigenvalue weighted by Crippen LogP contribution is 2.27. The highest BCUT2D eigenvalue weighted by Gasteiger charge is 2.38. The Kier molecular flexibility index (Phi) is 3.37. The number of aliphatic hydroxyl groups is 1. The van der Waals surface area contributed by atoms with E-state index in [0.717, 1.165) is 3.79 Å². The molecule has 0 bridgehead atoms. The fourth-order valence-electron chi connectivity index (χ4n) is 0.768. The van der Waals surface area contributed by atoms with Crippen LogP contribution in [-0.2, 0) is 6.42 Å². The van der Waals surface area contributed by atoms with E-state index in [1.807, 2.05) is 0 Å². The molecule has 1 N–H and O–H groups in total. The van der Waals surface area contributed by atoms with Crippen LogP contribution in [0, 0.1) is 0 Å². The van der Waals surface area contributed by atoms with E-state index in [9.17, 15) is 13.2 Å². The van der Waals surface area contributed by atoms with Gasteiger partial charge in [-0.15, -0.1) is 11.3 Å². The second kappa shape index (κ2) is 3.98. The van der Waals surface area contributed by atoms with Gasteiger partial charge in [0, 0.05) is 11.3 Å². The molecule has 0 aliphatic heterocycles. The summed E-state index contributed by atoms with van der Waals surface area (Å²) in [4.78, 5) is 0.511. The summed E-state index contributed by atoms with van der Waals surface area (Å²) in [7, 11) is 0. The second-order valence-electron chi connectivity index (χ2n) is 2.47. The van der Waals surface area contributed by atoms with Gasteiger partial charge in [-0.2, -0.15) is 13.2 Å². The van der Waals surface area contributed by atoms with Crippen molar-refractivity contribution in [2.24, 2.45) is 0 Å². The Labute approximate surface area is 85.3 Å². The van der Waals surface area contributed by atoms with Crippen molar-refractivity contribution in [2.75, 3.05) is 0 Å². The largest absolute Gasteiger partial charge is 0.414 e. The van der Waals surface area contributed by atoms with E-state index in [1.54, 1.807) is 12.1 Å². The summed E-state index contributed by atoms with van der Waals surface area (Å²) in [6, 6.07) is 3.22. The third-order valence-electron chi connectivity index (χ3n) is 1.40. The predicted octanol–water partition coefficient (Wildman–Crippen LogP) is 2.98. The van der Waals surface area contributed by atoms with Gasteiger partial charge in [-0.25, -0.2) is 0 Å². The third-order valence-corrected chi connectivity index (χ3v) is 3.05. The van der Waals surface area contributed by atoms with Crippen LogP contribution < -0.4 is 0 Å². The summed E-state index contributed by atoms with van der Waals surface area (Å²) in [5, 5.41) is 8.71. The van der Waals surface area contributed by atoms with Gasteiger partial charge in [0.1, 0.15) is 0 Å². The zero-order chi connectivity index (χ0) is 10.1. The number of aliphatic hydroxyl groups excluding tert-OH is 1. The monoisotopic (exact) mass is 274 g/mol. The van der Waals surface area contributed by atoms with Gasteiger partial charge in [0.05, 0.1) is 3.79 Å². The molecule has 0 aromatic carbocycles. The lowest BCUT2D eigenvalue weighted by Crippen LogP contribution is -2.30. The smallest absolute Gasteiger partial charge is 0.383 e. The van der Waals surface area contributed by atoms with E-state index in [0.29, 0.717) is 4.88 Å². The van der Waals surface area contributed by atoms with Crippen molar-refractivity contribution >= 4 is 27.3 Å². The Morgan fingerprint density at radius 2 is 2.08 bits per heavy atom. The number of thiophene rings is 1. The van der Waals surface area contributed by atoms with E-state index in [1.165, 1.54) is 11.3 Å². The Balaban J connectivity index is 2.60. The first-order valence-electron chi connectivity index (χ1n) is 3.38. The van der Waals surface area contributed by atoms with Gasteiger partial charge in [0.15, 0.2) is 6.10 Å². The molecule has 1 unspecified atom stereocenters. The van der Waals surface area contributed by atoms with Crippen molar-refractivity contribution in [3.63, 3.8) is 0 Å². The maximum absolute atomic E-state index is 11.9. The molecule has 0 amide bonds. The number of hydrogen-bond acceptors (Lipinski definition) is 2. The van der Waals surface area contributed by atoms with E-state index in [-0.39, 0.29) is 6.42 Å². The van der Waals surface area contributed by atoms with Crippen LogP contribution in [0.4, 0.5) is 13.2 Å². The maximum atomic E-state index is 11.9. The summed E-state index contributed by atoms with van der Waals surface area (Å²) in [6.45, 7) is 0. The average Bonchev–Trinajstić information content (AvgIpc) is 2.33. The van der Waals surface area contributed by atoms with E-state index >= 15 is 0 Å². The zero-order valence-corrected chi connectivity index (χ0v) is 8.71. The number of alkyl halides is 3. The highest BCUT2D eigenvalue weighted by molar-refractivity contribution is 9.11. The van der Waals surface area contributed by atoms with Crippen LogP contribution >= 0.6 is 27.3 Å². The normalized spacial score (nSPS) is 14.5. The van der Waals surface area contributed by atoms with Crippen LogP contribution in [-0.4, -0.2) is 17.4 Å². The zero-order valence-electron chi connectivity index (χ0n) is 6.31. The lowest BCUT2D eigenvalue weighted by Gasteiger charge is -2.12. The summed E-state index contributed by atoms with van der Waals surface area (Å²) >= 11 is 4.32. The van der Waals surface area contributed by atoms with Gasteiger partial charge in [0.25, 0.3) is 0 Å². The molecule has 1 nitrogen and oxygen atoms in total. The van der Waals surface area contributed by atoms with E-state index < -0.39 is 12.3 Å². The van der Waals surface area contributed by atoms with Crippen LogP contribution in [0.3, 0.4) is 0 Å². The second-order valence-corrected chi connectivity index (χ2v) is 5.01. The van der Waals surface area contributed by atoms with Crippen LogP contribution in [0.1, 0.15) is 4.88 Å². The Hall–Kier alpha value is -0.0700. The van der Waals surface area contributed by atoms with Crippen molar-refractivity contribution in [1.82, 2.24) is 0 Å². The number of hydrogen-bond donors (Lipinski definition) is 1. The van der Waals surface area contributed by atoms with Crippen molar-refractivity contribution in [2.45, 2.75) is 18.7 Å². The standard InChI is InChI=1S/C7H6BrF3OS/c8-6-2-1-4(13-6)3-5(12)7(9,10)11/h1-2,5,12H,3H2. The summed E-state index contributed by atoms with van der Waals surface area (Å²) in [5.41, 5.74) is 0.